The Morgan fingerprint density at radius 3 is 2.80 bits per heavy atom. The van der Waals surface area contributed by atoms with Gasteiger partial charge in [0.2, 0.25) is 5.91 Å². The van der Waals surface area contributed by atoms with Crippen molar-refractivity contribution >= 4 is 17.2 Å². The second-order valence-electron chi connectivity index (χ2n) is 5.54. The van der Waals surface area contributed by atoms with Crippen molar-refractivity contribution in [2.24, 2.45) is 5.41 Å². The number of hydrogen-bond donors (Lipinski definition) is 2. The maximum absolute atomic E-state index is 12.6. The summed E-state index contributed by atoms with van der Waals surface area (Å²) in [6.45, 7) is 6.75. The Hall–Kier alpha value is -0.940. The van der Waals surface area contributed by atoms with E-state index in [0.717, 1.165) is 50.2 Å². The van der Waals surface area contributed by atoms with E-state index in [9.17, 15) is 4.79 Å². The van der Waals surface area contributed by atoms with Gasteiger partial charge in [-0.1, -0.05) is 20.3 Å². The summed E-state index contributed by atoms with van der Waals surface area (Å²) < 4.78 is 0. The Balaban J connectivity index is 1.94. The highest BCUT2D eigenvalue weighted by atomic mass is 32.1. The molecule has 2 heterocycles. The standard InChI is InChI=1S/C15H25N3OS/c1-3-5-15(6-8-16-9-7-15)14(19)18-11-13-17-10-12(4-2)20-13/h10,16H,3-9,11H2,1-2H3,(H,18,19). The molecular weight excluding hydrogens is 270 g/mol. The maximum atomic E-state index is 12.6. The van der Waals surface area contributed by atoms with E-state index in [0.29, 0.717) is 6.54 Å². The van der Waals surface area contributed by atoms with Crippen molar-refractivity contribution in [3.63, 3.8) is 0 Å². The van der Waals surface area contributed by atoms with E-state index in [2.05, 4.69) is 29.5 Å². The molecule has 1 saturated heterocycles. The highest BCUT2D eigenvalue weighted by molar-refractivity contribution is 7.11. The zero-order chi connectivity index (χ0) is 14.4. The predicted molar refractivity (Wildman–Crippen MR) is 82.8 cm³/mol. The fraction of sp³-hybridized carbons (Fsp3) is 0.733. The first kappa shape index (κ1) is 15.4. The molecule has 0 bridgehead atoms. The van der Waals surface area contributed by atoms with Crippen LogP contribution in [0.4, 0.5) is 0 Å². The first-order valence-corrected chi connectivity index (χ1v) is 8.44. The summed E-state index contributed by atoms with van der Waals surface area (Å²) in [5, 5.41) is 7.47. The third-order valence-electron chi connectivity index (χ3n) is 4.12. The van der Waals surface area contributed by atoms with Crippen LogP contribution in [0.5, 0.6) is 0 Å². The topological polar surface area (TPSA) is 54.0 Å². The minimum atomic E-state index is -0.162. The van der Waals surface area contributed by atoms with Crippen LogP contribution in [0.3, 0.4) is 0 Å². The van der Waals surface area contributed by atoms with Crippen LogP contribution in [0, 0.1) is 5.41 Å². The van der Waals surface area contributed by atoms with Crippen LogP contribution < -0.4 is 10.6 Å². The fourth-order valence-corrected chi connectivity index (χ4v) is 3.71. The summed E-state index contributed by atoms with van der Waals surface area (Å²) in [4.78, 5) is 18.2. The van der Waals surface area contributed by atoms with E-state index in [1.807, 2.05) is 6.20 Å². The molecule has 0 atom stereocenters. The average Bonchev–Trinajstić information content (AvgIpc) is 2.94. The second-order valence-corrected chi connectivity index (χ2v) is 6.74. The van der Waals surface area contributed by atoms with Gasteiger partial charge in [-0.2, -0.15) is 0 Å². The van der Waals surface area contributed by atoms with Crippen LogP contribution in [0.2, 0.25) is 0 Å². The molecule has 1 aliphatic heterocycles. The third-order valence-corrected chi connectivity index (χ3v) is 5.26. The van der Waals surface area contributed by atoms with E-state index in [1.54, 1.807) is 11.3 Å². The Kier molecular flexibility index (Phi) is 5.54. The summed E-state index contributed by atoms with van der Waals surface area (Å²) in [6, 6.07) is 0. The largest absolute Gasteiger partial charge is 0.349 e. The van der Waals surface area contributed by atoms with Crippen molar-refractivity contribution in [3.8, 4) is 0 Å². The maximum Gasteiger partial charge on any atom is 0.226 e. The van der Waals surface area contributed by atoms with Gasteiger partial charge >= 0.3 is 0 Å². The van der Waals surface area contributed by atoms with E-state index >= 15 is 0 Å². The summed E-state index contributed by atoms with van der Waals surface area (Å²) in [5.41, 5.74) is -0.162. The van der Waals surface area contributed by atoms with Gasteiger partial charge in [-0.05, 0) is 38.8 Å². The number of carbonyl (C=O) groups is 1. The van der Waals surface area contributed by atoms with Gasteiger partial charge in [-0.15, -0.1) is 11.3 Å². The number of nitrogens with zero attached hydrogens (tertiary/aromatic N) is 1. The molecule has 0 unspecified atom stereocenters. The minimum absolute atomic E-state index is 0.162. The summed E-state index contributed by atoms with van der Waals surface area (Å²) in [5.74, 6) is 0.217. The first-order valence-electron chi connectivity index (χ1n) is 7.63. The van der Waals surface area contributed by atoms with E-state index in [-0.39, 0.29) is 11.3 Å². The molecule has 1 fully saturated rings. The number of hydrogen-bond acceptors (Lipinski definition) is 4. The Bertz CT molecular complexity index is 433. The normalized spacial score (nSPS) is 17.9. The van der Waals surface area contributed by atoms with Crippen molar-refractivity contribution in [1.29, 1.82) is 0 Å². The Morgan fingerprint density at radius 1 is 1.45 bits per heavy atom. The predicted octanol–water partition coefficient (Wildman–Crippen LogP) is 2.49. The van der Waals surface area contributed by atoms with Gasteiger partial charge in [0.25, 0.3) is 0 Å². The molecule has 2 N–H and O–H groups in total. The molecule has 0 aromatic carbocycles. The molecular formula is C15H25N3OS. The SMILES string of the molecule is CCCC1(C(=O)NCc2ncc(CC)s2)CCNCC1. The van der Waals surface area contributed by atoms with Crippen LogP contribution in [0.15, 0.2) is 6.20 Å². The van der Waals surface area contributed by atoms with E-state index in [4.69, 9.17) is 0 Å². The van der Waals surface area contributed by atoms with Crippen LogP contribution in [0.25, 0.3) is 0 Å². The number of amides is 1. The molecule has 2 rings (SSSR count). The van der Waals surface area contributed by atoms with Crippen LogP contribution in [-0.2, 0) is 17.8 Å². The number of carbonyl (C=O) groups excluding carboxylic acids is 1. The third kappa shape index (κ3) is 3.58. The fourth-order valence-electron chi connectivity index (χ4n) is 2.91. The lowest BCUT2D eigenvalue weighted by Crippen LogP contribution is -2.47. The van der Waals surface area contributed by atoms with Gasteiger partial charge in [0.1, 0.15) is 5.01 Å². The number of rotatable bonds is 6. The number of piperidine rings is 1. The molecule has 1 aliphatic rings. The highest BCUT2D eigenvalue weighted by Crippen LogP contribution is 2.34. The Morgan fingerprint density at radius 2 is 2.20 bits per heavy atom. The molecule has 20 heavy (non-hydrogen) atoms. The summed E-state index contributed by atoms with van der Waals surface area (Å²) in [7, 11) is 0. The van der Waals surface area contributed by atoms with Crippen molar-refractivity contribution in [1.82, 2.24) is 15.6 Å². The lowest BCUT2D eigenvalue weighted by molar-refractivity contribution is -0.133. The van der Waals surface area contributed by atoms with Gasteiger partial charge in [-0.25, -0.2) is 4.98 Å². The summed E-state index contributed by atoms with van der Waals surface area (Å²) in [6.07, 6.45) is 6.87. The van der Waals surface area contributed by atoms with Crippen LogP contribution in [0.1, 0.15) is 49.4 Å². The number of aryl methyl sites for hydroxylation is 1. The van der Waals surface area contributed by atoms with Crippen molar-refractivity contribution in [2.75, 3.05) is 13.1 Å². The first-order chi connectivity index (χ1) is 9.70. The van der Waals surface area contributed by atoms with E-state index < -0.39 is 0 Å². The van der Waals surface area contributed by atoms with Gasteiger partial charge in [-0.3, -0.25) is 4.79 Å². The minimum Gasteiger partial charge on any atom is -0.349 e. The molecule has 0 radical (unpaired) electrons. The zero-order valence-electron chi connectivity index (χ0n) is 12.5. The molecule has 4 nitrogen and oxygen atoms in total. The van der Waals surface area contributed by atoms with Crippen LogP contribution >= 0.6 is 11.3 Å². The quantitative estimate of drug-likeness (QED) is 0.848. The molecule has 1 aromatic heterocycles. The Labute approximate surface area is 125 Å². The van der Waals surface area contributed by atoms with Crippen molar-refractivity contribution < 1.29 is 4.79 Å². The summed E-state index contributed by atoms with van der Waals surface area (Å²) >= 11 is 1.70. The average molecular weight is 295 g/mol. The number of nitrogens with one attached hydrogen (secondary N) is 2. The monoisotopic (exact) mass is 295 g/mol. The van der Waals surface area contributed by atoms with Gasteiger partial charge < -0.3 is 10.6 Å². The molecule has 0 spiro atoms. The molecule has 0 saturated carbocycles. The molecule has 1 aromatic rings. The molecule has 5 heteroatoms. The number of thiazole rings is 1. The van der Waals surface area contributed by atoms with Crippen molar-refractivity contribution in [2.45, 2.75) is 52.5 Å². The van der Waals surface area contributed by atoms with Crippen molar-refractivity contribution in [3.05, 3.63) is 16.1 Å². The second kappa shape index (κ2) is 7.18. The zero-order valence-corrected chi connectivity index (χ0v) is 13.3. The molecule has 1 amide bonds. The lowest BCUT2D eigenvalue weighted by Gasteiger charge is -2.36. The highest BCUT2D eigenvalue weighted by Gasteiger charge is 2.38. The smallest absolute Gasteiger partial charge is 0.226 e. The van der Waals surface area contributed by atoms with E-state index in [1.165, 1.54) is 4.88 Å². The van der Waals surface area contributed by atoms with Gasteiger partial charge in [0.05, 0.1) is 12.0 Å². The van der Waals surface area contributed by atoms with Gasteiger partial charge in [0, 0.05) is 11.1 Å². The lowest BCUT2D eigenvalue weighted by atomic mass is 9.74. The van der Waals surface area contributed by atoms with Crippen LogP contribution in [-0.4, -0.2) is 24.0 Å². The molecule has 0 aliphatic carbocycles. The van der Waals surface area contributed by atoms with Gasteiger partial charge in [0.15, 0.2) is 0 Å². The number of aromatic nitrogens is 1. The molecule has 112 valence electrons.